The average Bonchev–Trinajstić information content (AvgIpc) is 1.94. The van der Waals surface area contributed by atoms with E-state index in [1.54, 1.807) is 13.0 Å². The summed E-state index contributed by atoms with van der Waals surface area (Å²) in [5.74, 6) is 0.937. The van der Waals surface area contributed by atoms with Crippen molar-refractivity contribution in [2.75, 3.05) is 0 Å². The third-order valence-electron chi connectivity index (χ3n) is 2.71. The SMILES string of the molecule is CC(C)[C@@H]1C=C[C@@](C)(O)C(O)C1. The van der Waals surface area contributed by atoms with Crippen LogP contribution in [0.3, 0.4) is 0 Å². The fourth-order valence-electron chi connectivity index (χ4n) is 1.50. The van der Waals surface area contributed by atoms with Gasteiger partial charge in [0.15, 0.2) is 0 Å². The second-order valence-corrected chi connectivity index (χ2v) is 4.24. The first-order valence-corrected chi connectivity index (χ1v) is 4.53. The van der Waals surface area contributed by atoms with Gasteiger partial charge in [-0.1, -0.05) is 26.0 Å². The lowest BCUT2D eigenvalue weighted by molar-refractivity contribution is -0.0447. The van der Waals surface area contributed by atoms with Crippen LogP contribution >= 0.6 is 0 Å². The van der Waals surface area contributed by atoms with E-state index in [0.29, 0.717) is 18.3 Å². The molecule has 0 aromatic heterocycles. The predicted molar refractivity (Wildman–Crippen MR) is 48.7 cm³/mol. The zero-order valence-corrected chi connectivity index (χ0v) is 7.99. The number of aliphatic hydroxyl groups excluding tert-OH is 1. The maximum absolute atomic E-state index is 9.61. The van der Waals surface area contributed by atoms with E-state index >= 15 is 0 Å². The fraction of sp³-hybridized carbons (Fsp3) is 0.800. The Hall–Kier alpha value is -0.340. The topological polar surface area (TPSA) is 40.5 Å². The highest BCUT2D eigenvalue weighted by Gasteiger charge is 2.33. The summed E-state index contributed by atoms with van der Waals surface area (Å²) in [5.41, 5.74) is -1.02. The highest BCUT2D eigenvalue weighted by Crippen LogP contribution is 2.29. The maximum atomic E-state index is 9.61. The van der Waals surface area contributed by atoms with Crippen molar-refractivity contribution >= 4 is 0 Å². The summed E-state index contributed by atoms with van der Waals surface area (Å²) < 4.78 is 0. The average molecular weight is 170 g/mol. The zero-order chi connectivity index (χ0) is 9.35. The van der Waals surface area contributed by atoms with E-state index in [2.05, 4.69) is 13.8 Å². The summed E-state index contributed by atoms with van der Waals surface area (Å²) in [6.07, 6.45) is 3.78. The van der Waals surface area contributed by atoms with Crippen LogP contribution in [-0.2, 0) is 0 Å². The molecule has 70 valence electrons. The molecule has 0 amide bonds. The lowest BCUT2D eigenvalue weighted by Gasteiger charge is -2.34. The number of aliphatic hydroxyl groups is 2. The maximum Gasteiger partial charge on any atom is 0.106 e. The lowest BCUT2D eigenvalue weighted by atomic mass is 9.79. The molecule has 12 heavy (non-hydrogen) atoms. The van der Waals surface area contributed by atoms with Gasteiger partial charge in [-0.2, -0.15) is 0 Å². The molecule has 0 saturated carbocycles. The molecule has 2 N–H and O–H groups in total. The van der Waals surface area contributed by atoms with Crippen LogP contribution in [0.15, 0.2) is 12.2 Å². The Labute approximate surface area is 73.9 Å². The first-order chi connectivity index (χ1) is 5.43. The molecule has 1 aliphatic carbocycles. The van der Waals surface area contributed by atoms with Crippen LogP contribution in [0, 0.1) is 11.8 Å². The summed E-state index contributed by atoms with van der Waals surface area (Å²) in [6, 6.07) is 0. The Morgan fingerprint density at radius 3 is 2.50 bits per heavy atom. The summed E-state index contributed by atoms with van der Waals surface area (Å²) in [6.45, 7) is 5.90. The fourth-order valence-corrected chi connectivity index (χ4v) is 1.50. The van der Waals surface area contributed by atoms with Crippen molar-refractivity contribution in [3.8, 4) is 0 Å². The van der Waals surface area contributed by atoms with Crippen molar-refractivity contribution in [1.82, 2.24) is 0 Å². The minimum Gasteiger partial charge on any atom is -0.390 e. The summed E-state index contributed by atoms with van der Waals surface area (Å²) in [4.78, 5) is 0. The first kappa shape index (κ1) is 9.75. The van der Waals surface area contributed by atoms with Crippen LogP contribution in [0.5, 0.6) is 0 Å². The number of allylic oxidation sites excluding steroid dienone is 1. The molecule has 2 heteroatoms. The van der Waals surface area contributed by atoms with Crippen molar-refractivity contribution < 1.29 is 10.2 Å². The molecule has 0 radical (unpaired) electrons. The van der Waals surface area contributed by atoms with Crippen LogP contribution in [0.4, 0.5) is 0 Å². The number of hydrogen-bond acceptors (Lipinski definition) is 2. The van der Waals surface area contributed by atoms with Crippen molar-refractivity contribution in [1.29, 1.82) is 0 Å². The molecule has 0 fully saturated rings. The quantitative estimate of drug-likeness (QED) is 0.583. The van der Waals surface area contributed by atoms with Gasteiger partial charge < -0.3 is 10.2 Å². The monoisotopic (exact) mass is 170 g/mol. The molecule has 1 aliphatic rings. The second-order valence-electron chi connectivity index (χ2n) is 4.24. The van der Waals surface area contributed by atoms with Gasteiger partial charge in [0, 0.05) is 0 Å². The number of hydrogen-bond donors (Lipinski definition) is 2. The van der Waals surface area contributed by atoms with E-state index in [1.807, 2.05) is 6.08 Å². The van der Waals surface area contributed by atoms with Crippen LogP contribution in [0.25, 0.3) is 0 Å². The van der Waals surface area contributed by atoms with Gasteiger partial charge in [-0.3, -0.25) is 0 Å². The van der Waals surface area contributed by atoms with E-state index < -0.39 is 11.7 Å². The van der Waals surface area contributed by atoms with Gasteiger partial charge in [-0.15, -0.1) is 0 Å². The van der Waals surface area contributed by atoms with Gasteiger partial charge in [-0.25, -0.2) is 0 Å². The van der Waals surface area contributed by atoms with Gasteiger partial charge in [-0.05, 0) is 25.2 Å². The molecule has 1 rings (SSSR count). The Kier molecular flexibility index (Phi) is 2.59. The predicted octanol–water partition coefficient (Wildman–Crippen LogP) is 1.33. The molecule has 0 heterocycles. The van der Waals surface area contributed by atoms with Crippen LogP contribution in [-0.4, -0.2) is 21.9 Å². The highest BCUT2D eigenvalue weighted by atomic mass is 16.3. The zero-order valence-electron chi connectivity index (χ0n) is 7.99. The van der Waals surface area contributed by atoms with Crippen LogP contribution < -0.4 is 0 Å². The largest absolute Gasteiger partial charge is 0.390 e. The molecule has 3 atom stereocenters. The van der Waals surface area contributed by atoms with E-state index in [0.717, 1.165) is 0 Å². The first-order valence-electron chi connectivity index (χ1n) is 4.53. The Balaban J connectivity index is 2.70. The smallest absolute Gasteiger partial charge is 0.106 e. The lowest BCUT2D eigenvalue weighted by Crippen LogP contribution is -2.41. The molecule has 2 nitrogen and oxygen atoms in total. The third kappa shape index (κ3) is 1.87. The highest BCUT2D eigenvalue weighted by molar-refractivity contribution is 5.10. The van der Waals surface area contributed by atoms with E-state index in [-0.39, 0.29) is 0 Å². The van der Waals surface area contributed by atoms with Crippen LogP contribution in [0.2, 0.25) is 0 Å². The molecule has 0 aliphatic heterocycles. The standard InChI is InChI=1S/C10H18O2/c1-7(2)8-4-5-10(3,12)9(11)6-8/h4-5,7-9,11-12H,6H2,1-3H3/t8-,9?,10-/m1/s1. The molecule has 0 saturated heterocycles. The van der Waals surface area contributed by atoms with Crippen molar-refractivity contribution in [3.63, 3.8) is 0 Å². The van der Waals surface area contributed by atoms with E-state index in [4.69, 9.17) is 0 Å². The second kappa shape index (κ2) is 3.19. The minimum absolute atomic E-state index is 0.403. The van der Waals surface area contributed by atoms with E-state index in [9.17, 15) is 10.2 Å². The Morgan fingerprint density at radius 1 is 1.50 bits per heavy atom. The molecule has 1 unspecified atom stereocenters. The third-order valence-corrected chi connectivity index (χ3v) is 2.71. The van der Waals surface area contributed by atoms with Gasteiger partial charge in [0.05, 0.1) is 6.10 Å². The summed E-state index contributed by atoms with van der Waals surface area (Å²) in [7, 11) is 0. The molecule has 0 aromatic carbocycles. The Bertz CT molecular complexity index is 182. The van der Waals surface area contributed by atoms with Crippen LogP contribution in [0.1, 0.15) is 27.2 Å². The van der Waals surface area contributed by atoms with Gasteiger partial charge in [0.1, 0.15) is 5.60 Å². The summed E-state index contributed by atoms with van der Waals surface area (Å²) >= 11 is 0. The minimum atomic E-state index is -1.02. The molecule has 0 bridgehead atoms. The van der Waals surface area contributed by atoms with Crippen molar-refractivity contribution in [3.05, 3.63) is 12.2 Å². The molecular formula is C10H18O2. The van der Waals surface area contributed by atoms with E-state index in [1.165, 1.54) is 0 Å². The molecule has 0 spiro atoms. The normalized spacial score (nSPS) is 42.2. The molecule has 0 aromatic rings. The van der Waals surface area contributed by atoms with Crippen molar-refractivity contribution in [2.24, 2.45) is 11.8 Å². The van der Waals surface area contributed by atoms with Gasteiger partial charge >= 0.3 is 0 Å². The van der Waals surface area contributed by atoms with Crippen molar-refractivity contribution in [2.45, 2.75) is 38.9 Å². The molecular weight excluding hydrogens is 152 g/mol. The van der Waals surface area contributed by atoms with Gasteiger partial charge in [0.2, 0.25) is 0 Å². The van der Waals surface area contributed by atoms with Gasteiger partial charge in [0.25, 0.3) is 0 Å². The Morgan fingerprint density at radius 2 is 2.08 bits per heavy atom. The number of rotatable bonds is 1. The summed E-state index contributed by atoms with van der Waals surface area (Å²) in [5, 5.41) is 19.2.